The molecule has 1 aliphatic rings. The van der Waals surface area contributed by atoms with E-state index in [1.54, 1.807) is 0 Å². The van der Waals surface area contributed by atoms with Gasteiger partial charge in [0.05, 0.1) is 0 Å². The molecule has 0 saturated heterocycles. The smallest absolute Gasteiger partial charge is 0.000973 e. The van der Waals surface area contributed by atoms with E-state index in [-0.39, 0.29) is 0 Å². The Morgan fingerprint density at radius 2 is 1.81 bits per heavy atom. The van der Waals surface area contributed by atoms with E-state index in [1.165, 1.54) is 58.0 Å². The molecule has 0 aliphatic heterocycles. The van der Waals surface area contributed by atoms with Gasteiger partial charge in [-0.05, 0) is 51.2 Å². The van der Waals surface area contributed by atoms with E-state index in [1.807, 2.05) is 0 Å². The summed E-state index contributed by atoms with van der Waals surface area (Å²) in [5.41, 5.74) is 5.87. The molecule has 0 spiro atoms. The molecule has 2 unspecified atom stereocenters. The van der Waals surface area contributed by atoms with Crippen LogP contribution in [0.25, 0.3) is 0 Å². The largest absolute Gasteiger partial charge is 0.330 e. The Morgan fingerprint density at radius 1 is 1.12 bits per heavy atom. The fourth-order valence-electron chi connectivity index (χ4n) is 2.96. The molecule has 2 N–H and O–H groups in total. The second-order valence-corrected chi connectivity index (χ2v) is 5.51. The summed E-state index contributed by atoms with van der Waals surface area (Å²) >= 11 is 0. The van der Waals surface area contributed by atoms with E-state index < -0.39 is 0 Å². The van der Waals surface area contributed by atoms with Crippen LogP contribution in [0.4, 0.5) is 0 Å². The molecule has 0 bridgehead atoms. The second kappa shape index (κ2) is 8.08. The molecule has 2 nitrogen and oxygen atoms in total. The molecule has 0 aromatic carbocycles. The highest BCUT2D eigenvalue weighted by atomic mass is 15.1. The first-order valence-corrected chi connectivity index (χ1v) is 7.16. The van der Waals surface area contributed by atoms with Gasteiger partial charge in [0.15, 0.2) is 0 Å². The lowest BCUT2D eigenvalue weighted by molar-refractivity contribution is 0.172. The number of hydrogen-bond acceptors (Lipinski definition) is 2. The minimum atomic E-state index is 0.794. The third kappa shape index (κ3) is 4.84. The van der Waals surface area contributed by atoms with Gasteiger partial charge in [0.1, 0.15) is 0 Å². The normalized spacial score (nSPS) is 26.2. The van der Waals surface area contributed by atoms with E-state index in [0.717, 1.165) is 18.4 Å². The van der Waals surface area contributed by atoms with Crippen LogP contribution in [-0.4, -0.2) is 31.6 Å². The Balaban J connectivity index is 2.22. The maximum absolute atomic E-state index is 5.87. The average molecular weight is 226 g/mol. The maximum atomic E-state index is 5.87. The van der Waals surface area contributed by atoms with Crippen LogP contribution >= 0.6 is 0 Å². The summed E-state index contributed by atoms with van der Waals surface area (Å²) in [6.45, 7) is 5.70. The molecule has 2 heteroatoms. The van der Waals surface area contributed by atoms with Gasteiger partial charge in [-0.15, -0.1) is 0 Å². The number of hydrogen-bond donors (Lipinski definition) is 1. The number of nitrogens with zero attached hydrogens (tertiary/aromatic N) is 1. The highest BCUT2D eigenvalue weighted by Crippen LogP contribution is 2.29. The lowest BCUT2D eigenvalue weighted by Gasteiger charge is -2.33. The maximum Gasteiger partial charge on any atom is 0.000973 e. The number of unbranched alkanes of at least 4 members (excludes halogenated alkanes) is 2. The molecule has 1 rings (SSSR count). The summed E-state index contributed by atoms with van der Waals surface area (Å²) in [5.74, 6) is 1.66. The summed E-state index contributed by atoms with van der Waals surface area (Å²) in [6.07, 6.45) is 9.64. The first-order valence-electron chi connectivity index (χ1n) is 7.16. The van der Waals surface area contributed by atoms with Crippen LogP contribution in [-0.2, 0) is 0 Å². The van der Waals surface area contributed by atoms with Crippen LogP contribution < -0.4 is 5.73 Å². The van der Waals surface area contributed by atoms with E-state index in [0.29, 0.717) is 0 Å². The Hall–Kier alpha value is -0.0800. The predicted octanol–water partition coefficient (Wildman–Crippen LogP) is 2.87. The summed E-state index contributed by atoms with van der Waals surface area (Å²) in [5, 5.41) is 0. The van der Waals surface area contributed by atoms with Crippen molar-refractivity contribution in [3.8, 4) is 0 Å². The first-order chi connectivity index (χ1) is 7.77. The van der Waals surface area contributed by atoms with Crippen molar-refractivity contribution in [2.75, 3.05) is 26.7 Å². The Bertz CT molecular complexity index is 170. The summed E-state index contributed by atoms with van der Waals surface area (Å²) in [7, 11) is 2.28. The van der Waals surface area contributed by atoms with Gasteiger partial charge in [-0.25, -0.2) is 0 Å². The van der Waals surface area contributed by atoms with Crippen molar-refractivity contribution in [3.63, 3.8) is 0 Å². The van der Waals surface area contributed by atoms with Crippen LogP contribution in [0, 0.1) is 11.8 Å². The molecule has 1 saturated carbocycles. The monoisotopic (exact) mass is 226 g/mol. The van der Waals surface area contributed by atoms with E-state index in [4.69, 9.17) is 5.73 Å². The van der Waals surface area contributed by atoms with Gasteiger partial charge in [0, 0.05) is 6.54 Å². The lowest BCUT2D eigenvalue weighted by Crippen LogP contribution is -2.35. The molecule has 1 fully saturated rings. The summed E-state index contributed by atoms with van der Waals surface area (Å²) in [4.78, 5) is 2.52. The van der Waals surface area contributed by atoms with Crippen molar-refractivity contribution in [1.29, 1.82) is 0 Å². The van der Waals surface area contributed by atoms with Crippen molar-refractivity contribution < 1.29 is 0 Å². The fourth-order valence-corrected chi connectivity index (χ4v) is 2.96. The molecule has 16 heavy (non-hydrogen) atoms. The molecule has 1 aliphatic carbocycles. The van der Waals surface area contributed by atoms with Crippen LogP contribution in [0.3, 0.4) is 0 Å². The zero-order valence-corrected chi connectivity index (χ0v) is 11.3. The minimum absolute atomic E-state index is 0.794. The molecule has 0 radical (unpaired) electrons. The summed E-state index contributed by atoms with van der Waals surface area (Å²) in [6, 6.07) is 0. The standard InChI is InChI=1S/C14H30N2/c1-3-4-7-10-16(2)12-14-9-6-5-8-13(14)11-15/h13-14H,3-12,15H2,1-2H3. The zero-order valence-electron chi connectivity index (χ0n) is 11.3. The van der Waals surface area contributed by atoms with E-state index in [9.17, 15) is 0 Å². The third-order valence-corrected chi connectivity index (χ3v) is 4.06. The van der Waals surface area contributed by atoms with E-state index in [2.05, 4.69) is 18.9 Å². The van der Waals surface area contributed by atoms with Gasteiger partial charge in [0.2, 0.25) is 0 Å². The molecular formula is C14H30N2. The van der Waals surface area contributed by atoms with Crippen molar-refractivity contribution in [2.24, 2.45) is 17.6 Å². The quantitative estimate of drug-likeness (QED) is 0.676. The summed E-state index contributed by atoms with van der Waals surface area (Å²) < 4.78 is 0. The number of nitrogens with two attached hydrogens (primary N) is 1. The zero-order chi connectivity index (χ0) is 11.8. The van der Waals surface area contributed by atoms with Gasteiger partial charge >= 0.3 is 0 Å². The molecule has 96 valence electrons. The van der Waals surface area contributed by atoms with Gasteiger partial charge in [-0.3, -0.25) is 0 Å². The van der Waals surface area contributed by atoms with Crippen molar-refractivity contribution in [2.45, 2.75) is 51.9 Å². The van der Waals surface area contributed by atoms with Gasteiger partial charge in [0.25, 0.3) is 0 Å². The Labute approximate surface area is 102 Å². The van der Waals surface area contributed by atoms with E-state index >= 15 is 0 Å². The Kier molecular flexibility index (Phi) is 7.06. The first kappa shape index (κ1) is 14.0. The molecule has 2 atom stereocenters. The Morgan fingerprint density at radius 3 is 2.44 bits per heavy atom. The fraction of sp³-hybridized carbons (Fsp3) is 1.00. The highest BCUT2D eigenvalue weighted by molar-refractivity contribution is 4.78. The average Bonchev–Trinajstić information content (AvgIpc) is 2.30. The van der Waals surface area contributed by atoms with Gasteiger partial charge in [-0.1, -0.05) is 32.6 Å². The van der Waals surface area contributed by atoms with Crippen LogP contribution in [0.5, 0.6) is 0 Å². The van der Waals surface area contributed by atoms with Crippen molar-refractivity contribution in [1.82, 2.24) is 4.90 Å². The third-order valence-electron chi connectivity index (χ3n) is 4.06. The van der Waals surface area contributed by atoms with Crippen molar-refractivity contribution >= 4 is 0 Å². The molecule has 0 amide bonds. The molecule has 0 heterocycles. The van der Waals surface area contributed by atoms with Gasteiger partial charge < -0.3 is 10.6 Å². The molecule has 0 aromatic heterocycles. The second-order valence-electron chi connectivity index (χ2n) is 5.51. The van der Waals surface area contributed by atoms with Crippen LogP contribution in [0.2, 0.25) is 0 Å². The highest BCUT2D eigenvalue weighted by Gasteiger charge is 2.24. The number of rotatable bonds is 7. The SMILES string of the molecule is CCCCCN(C)CC1CCCCC1CN. The predicted molar refractivity (Wildman–Crippen MR) is 71.5 cm³/mol. The topological polar surface area (TPSA) is 29.3 Å². The van der Waals surface area contributed by atoms with Crippen LogP contribution in [0.1, 0.15) is 51.9 Å². The van der Waals surface area contributed by atoms with Crippen molar-refractivity contribution in [3.05, 3.63) is 0 Å². The van der Waals surface area contributed by atoms with Crippen LogP contribution in [0.15, 0.2) is 0 Å². The minimum Gasteiger partial charge on any atom is -0.330 e. The molecule has 0 aromatic rings. The molecular weight excluding hydrogens is 196 g/mol. The lowest BCUT2D eigenvalue weighted by atomic mass is 9.79. The van der Waals surface area contributed by atoms with Gasteiger partial charge in [-0.2, -0.15) is 0 Å².